The Bertz CT molecular complexity index is 433. The van der Waals surface area contributed by atoms with Gasteiger partial charge in [-0.25, -0.2) is 9.78 Å². The van der Waals surface area contributed by atoms with Gasteiger partial charge in [-0.05, 0) is 6.42 Å². The monoisotopic (exact) mass is 277 g/mol. The topological polar surface area (TPSA) is 65.1 Å². The van der Waals surface area contributed by atoms with Crippen molar-refractivity contribution in [2.75, 3.05) is 26.7 Å². The highest BCUT2D eigenvalue weighted by molar-refractivity contribution is 5.74. The molecule has 1 aromatic heterocycles. The molecule has 0 saturated carbocycles. The molecule has 106 valence electrons. The van der Waals surface area contributed by atoms with Crippen LogP contribution in [0.2, 0.25) is 0 Å². The summed E-state index contributed by atoms with van der Waals surface area (Å²) < 4.78 is 36.7. The predicted octanol–water partition coefficient (Wildman–Crippen LogP) is 1.21. The van der Waals surface area contributed by atoms with Crippen LogP contribution < -0.4 is 0 Å². The van der Waals surface area contributed by atoms with Gasteiger partial charge in [0.25, 0.3) is 0 Å². The van der Waals surface area contributed by atoms with E-state index in [2.05, 4.69) is 15.2 Å². The van der Waals surface area contributed by atoms with Crippen LogP contribution in [-0.2, 0) is 0 Å². The summed E-state index contributed by atoms with van der Waals surface area (Å²) in [6, 6.07) is -0.612. The molecular weight excluding hydrogens is 263 g/mol. The summed E-state index contributed by atoms with van der Waals surface area (Å²) in [5, 5.41) is 6.43. The van der Waals surface area contributed by atoms with Crippen molar-refractivity contribution < 1.29 is 18.0 Å². The third-order valence-electron chi connectivity index (χ3n) is 3.02. The molecule has 1 fully saturated rings. The molecule has 2 rings (SSSR count). The first-order chi connectivity index (χ1) is 8.87. The number of amides is 2. The van der Waals surface area contributed by atoms with E-state index in [1.54, 1.807) is 0 Å². The minimum atomic E-state index is -4.38. The molecule has 1 unspecified atom stereocenters. The Morgan fingerprint density at radius 3 is 2.95 bits per heavy atom. The second-order valence-electron chi connectivity index (χ2n) is 4.56. The lowest BCUT2D eigenvalue weighted by Crippen LogP contribution is -2.43. The van der Waals surface area contributed by atoms with Crippen LogP contribution in [0.3, 0.4) is 0 Å². The first-order valence-electron chi connectivity index (χ1n) is 5.79. The van der Waals surface area contributed by atoms with Crippen molar-refractivity contribution >= 4 is 6.03 Å². The second-order valence-corrected chi connectivity index (χ2v) is 4.56. The lowest BCUT2D eigenvalue weighted by molar-refractivity contribution is -0.138. The van der Waals surface area contributed by atoms with E-state index in [-0.39, 0.29) is 5.92 Å². The summed E-state index contributed by atoms with van der Waals surface area (Å²) in [6.45, 7) is -0.460. The zero-order valence-electron chi connectivity index (χ0n) is 10.3. The van der Waals surface area contributed by atoms with Gasteiger partial charge in [0.15, 0.2) is 0 Å². The van der Waals surface area contributed by atoms with Crippen molar-refractivity contribution in [3.63, 3.8) is 0 Å². The Hall–Kier alpha value is -1.80. The van der Waals surface area contributed by atoms with Gasteiger partial charge in [0, 0.05) is 26.1 Å². The zero-order valence-corrected chi connectivity index (χ0v) is 10.3. The second kappa shape index (κ2) is 5.06. The summed E-state index contributed by atoms with van der Waals surface area (Å²) in [6.07, 6.45) is -2.34. The van der Waals surface area contributed by atoms with Crippen LogP contribution in [0.15, 0.2) is 6.33 Å². The Labute approximate surface area is 107 Å². The molecule has 0 bridgehead atoms. The number of alkyl halides is 3. The summed E-state index contributed by atoms with van der Waals surface area (Å²) >= 11 is 0. The molecule has 2 heterocycles. The van der Waals surface area contributed by atoms with Crippen LogP contribution in [0.25, 0.3) is 0 Å². The first-order valence-corrected chi connectivity index (χ1v) is 5.79. The number of hydrogen-bond acceptors (Lipinski definition) is 3. The number of nitrogens with one attached hydrogen (secondary N) is 1. The number of hydrogen-bond donors (Lipinski definition) is 1. The van der Waals surface area contributed by atoms with Crippen LogP contribution in [0.1, 0.15) is 18.2 Å². The highest BCUT2D eigenvalue weighted by Gasteiger charge is 2.35. The molecule has 19 heavy (non-hydrogen) atoms. The maximum Gasteiger partial charge on any atom is 0.406 e. The van der Waals surface area contributed by atoms with Gasteiger partial charge >= 0.3 is 12.2 Å². The summed E-state index contributed by atoms with van der Waals surface area (Å²) in [5.41, 5.74) is 0. The van der Waals surface area contributed by atoms with Crippen molar-refractivity contribution in [3.05, 3.63) is 12.2 Å². The van der Waals surface area contributed by atoms with Crippen LogP contribution in [0, 0.1) is 0 Å². The van der Waals surface area contributed by atoms with Gasteiger partial charge in [0.2, 0.25) is 0 Å². The fraction of sp³-hybridized carbons (Fsp3) is 0.700. The predicted molar refractivity (Wildman–Crippen MR) is 59.4 cm³/mol. The van der Waals surface area contributed by atoms with Crippen LogP contribution in [-0.4, -0.2) is 63.9 Å². The fourth-order valence-corrected chi connectivity index (χ4v) is 2.15. The Morgan fingerprint density at radius 2 is 2.37 bits per heavy atom. The van der Waals surface area contributed by atoms with Gasteiger partial charge < -0.3 is 9.80 Å². The molecule has 0 radical (unpaired) electrons. The van der Waals surface area contributed by atoms with Crippen LogP contribution >= 0.6 is 0 Å². The number of carbonyl (C=O) groups excluding carboxylic acids is 1. The van der Waals surface area contributed by atoms with Crippen LogP contribution in [0.5, 0.6) is 0 Å². The third kappa shape index (κ3) is 3.36. The maximum atomic E-state index is 12.2. The number of urea groups is 1. The lowest BCUT2D eigenvalue weighted by atomic mass is 10.1. The molecule has 0 spiro atoms. The van der Waals surface area contributed by atoms with E-state index in [1.165, 1.54) is 11.2 Å². The van der Waals surface area contributed by atoms with Crippen molar-refractivity contribution in [1.82, 2.24) is 25.0 Å². The highest BCUT2D eigenvalue weighted by Crippen LogP contribution is 2.25. The van der Waals surface area contributed by atoms with E-state index in [0.29, 0.717) is 30.2 Å². The molecule has 1 atom stereocenters. The Kier molecular flexibility index (Phi) is 3.63. The van der Waals surface area contributed by atoms with Gasteiger partial charge in [0.05, 0.1) is 0 Å². The molecule has 1 saturated heterocycles. The molecule has 1 N–H and O–H groups in total. The zero-order chi connectivity index (χ0) is 14.0. The molecule has 0 aliphatic carbocycles. The van der Waals surface area contributed by atoms with Crippen molar-refractivity contribution in [1.29, 1.82) is 0 Å². The molecule has 2 amide bonds. The Morgan fingerprint density at radius 1 is 1.63 bits per heavy atom. The molecule has 0 aromatic carbocycles. The van der Waals surface area contributed by atoms with E-state index in [1.807, 2.05) is 0 Å². The van der Waals surface area contributed by atoms with E-state index in [0.717, 1.165) is 7.05 Å². The molecule has 1 aromatic rings. The number of aromatic amines is 1. The standard InChI is InChI=1S/C10H14F3N5O/c1-17(5-10(11,12)13)9(19)18-3-2-7(4-18)8-14-6-15-16-8/h6-7H,2-5H2,1H3,(H,14,15,16). The summed E-state index contributed by atoms with van der Waals surface area (Å²) in [7, 11) is 1.15. The van der Waals surface area contributed by atoms with Gasteiger partial charge in [-0.15, -0.1) is 0 Å². The van der Waals surface area contributed by atoms with Crippen LogP contribution in [0.4, 0.5) is 18.0 Å². The number of carbonyl (C=O) groups is 1. The summed E-state index contributed by atoms with van der Waals surface area (Å²) in [5.74, 6) is 0.666. The minimum absolute atomic E-state index is 0.00531. The molecule has 1 aliphatic heterocycles. The van der Waals surface area contributed by atoms with Gasteiger partial charge in [-0.2, -0.15) is 18.3 Å². The van der Waals surface area contributed by atoms with E-state index < -0.39 is 18.8 Å². The average molecular weight is 277 g/mol. The van der Waals surface area contributed by atoms with Crippen molar-refractivity contribution in [3.8, 4) is 0 Å². The highest BCUT2D eigenvalue weighted by atomic mass is 19.4. The van der Waals surface area contributed by atoms with Gasteiger partial charge in [-0.3, -0.25) is 5.10 Å². The van der Waals surface area contributed by atoms with Gasteiger partial charge in [0.1, 0.15) is 18.7 Å². The number of likely N-dealkylation sites (tertiary alicyclic amines) is 1. The number of rotatable bonds is 2. The number of H-pyrrole nitrogens is 1. The van der Waals surface area contributed by atoms with E-state index in [4.69, 9.17) is 0 Å². The smallest absolute Gasteiger partial charge is 0.324 e. The van der Waals surface area contributed by atoms with Gasteiger partial charge in [-0.1, -0.05) is 0 Å². The molecule has 1 aliphatic rings. The van der Waals surface area contributed by atoms with Crippen molar-refractivity contribution in [2.45, 2.75) is 18.5 Å². The average Bonchev–Trinajstić information content (AvgIpc) is 2.96. The molecular formula is C10H14F3N5O. The van der Waals surface area contributed by atoms with Crippen molar-refractivity contribution in [2.24, 2.45) is 0 Å². The number of nitrogens with zero attached hydrogens (tertiary/aromatic N) is 4. The molecule has 9 heteroatoms. The quantitative estimate of drug-likeness (QED) is 0.883. The Balaban J connectivity index is 1.91. The van der Waals surface area contributed by atoms with E-state index in [9.17, 15) is 18.0 Å². The molecule has 6 nitrogen and oxygen atoms in total. The lowest BCUT2D eigenvalue weighted by Gasteiger charge is -2.25. The van der Waals surface area contributed by atoms with E-state index >= 15 is 0 Å². The largest absolute Gasteiger partial charge is 0.406 e. The normalized spacial score (nSPS) is 19.8. The summed E-state index contributed by atoms with van der Waals surface area (Å²) in [4.78, 5) is 17.9. The third-order valence-corrected chi connectivity index (χ3v) is 3.02. The number of halogens is 3. The number of aromatic nitrogens is 3. The first kappa shape index (κ1) is 13.6. The maximum absolute atomic E-state index is 12.2. The fourth-order valence-electron chi connectivity index (χ4n) is 2.15. The SMILES string of the molecule is CN(CC(F)(F)F)C(=O)N1CCC(c2ncn[nH]2)C1. The minimum Gasteiger partial charge on any atom is -0.324 e.